The summed E-state index contributed by atoms with van der Waals surface area (Å²) in [5, 5.41) is 11.8. The number of aliphatic carboxylic acids is 1. The Kier molecular flexibility index (Phi) is 7.50. The Balaban J connectivity index is 2.40. The first-order chi connectivity index (χ1) is 10.0. The van der Waals surface area contributed by atoms with Gasteiger partial charge in [-0.15, -0.1) is 0 Å². The minimum atomic E-state index is -0.741. The summed E-state index contributed by atoms with van der Waals surface area (Å²) in [5.41, 5.74) is 0.859. The van der Waals surface area contributed by atoms with Crippen molar-refractivity contribution in [2.45, 2.75) is 46.5 Å². The molecule has 1 aromatic rings. The normalized spacial score (nSPS) is 12.0. The van der Waals surface area contributed by atoms with Gasteiger partial charge in [0.05, 0.1) is 6.61 Å². The lowest BCUT2D eigenvalue weighted by molar-refractivity contribution is -0.137. The van der Waals surface area contributed by atoms with Gasteiger partial charge >= 0.3 is 5.97 Å². The van der Waals surface area contributed by atoms with E-state index in [-0.39, 0.29) is 6.42 Å². The molecule has 0 aliphatic carbocycles. The molecule has 2 N–H and O–H groups in total. The Labute approximate surface area is 126 Å². The molecule has 6 nitrogen and oxygen atoms in total. The predicted molar refractivity (Wildman–Crippen MR) is 81.7 cm³/mol. The molecule has 0 fully saturated rings. The van der Waals surface area contributed by atoms with Crippen molar-refractivity contribution in [3.8, 4) is 5.88 Å². The van der Waals surface area contributed by atoms with Crippen LogP contribution in [0.25, 0.3) is 0 Å². The largest absolute Gasteiger partial charge is 0.481 e. The Morgan fingerprint density at radius 3 is 2.86 bits per heavy atom. The lowest BCUT2D eigenvalue weighted by Crippen LogP contribution is -2.11. The third kappa shape index (κ3) is 7.48. The number of carboxylic acids is 1. The van der Waals surface area contributed by atoms with Crippen LogP contribution in [0.5, 0.6) is 5.88 Å². The van der Waals surface area contributed by atoms with E-state index in [1.54, 1.807) is 0 Å². The number of anilines is 1. The van der Waals surface area contributed by atoms with Crippen LogP contribution in [0.4, 0.5) is 5.95 Å². The van der Waals surface area contributed by atoms with Crippen LogP contribution in [0.2, 0.25) is 0 Å². The number of aryl methyl sites for hydroxylation is 1. The van der Waals surface area contributed by atoms with Gasteiger partial charge in [-0.3, -0.25) is 4.79 Å². The van der Waals surface area contributed by atoms with Gasteiger partial charge in [0.1, 0.15) is 0 Å². The van der Waals surface area contributed by atoms with E-state index < -0.39 is 5.97 Å². The van der Waals surface area contributed by atoms with Gasteiger partial charge in [0, 0.05) is 24.7 Å². The molecule has 0 aliphatic rings. The van der Waals surface area contributed by atoms with E-state index in [0.717, 1.165) is 25.1 Å². The monoisotopic (exact) mass is 295 g/mol. The van der Waals surface area contributed by atoms with Crippen LogP contribution in [-0.2, 0) is 4.79 Å². The van der Waals surface area contributed by atoms with Gasteiger partial charge in [-0.2, -0.15) is 4.98 Å². The molecular weight excluding hydrogens is 270 g/mol. The van der Waals surface area contributed by atoms with Crippen molar-refractivity contribution in [2.24, 2.45) is 5.92 Å². The molecule has 0 amide bonds. The molecule has 0 spiro atoms. The fourth-order valence-corrected chi connectivity index (χ4v) is 1.84. The third-order valence-electron chi connectivity index (χ3n) is 3.06. The summed E-state index contributed by atoms with van der Waals surface area (Å²) in [6.07, 6.45) is 2.73. The first-order valence-corrected chi connectivity index (χ1v) is 7.45. The van der Waals surface area contributed by atoms with Crippen molar-refractivity contribution in [3.63, 3.8) is 0 Å². The van der Waals surface area contributed by atoms with Crippen molar-refractivity contribution in [3.05, 3.63) is 11.8 Å². The number of ether oxygens (including phenoxy) is 1. The Morgan fingerprint density at radius 1 is 1.43 bits per heavy atom. The molecule has 0 aliphatic heterocycles. The zero-order valence-corrected chi connectivity index (χ0v) is 13.1. The van der Waals surface area contributed by atoms with Gasteiger partial charge in [0.25, 0.3) is 0 Å². The van der Waals surface area contributed by atoms with Gasteiger partial charge in [0.2, 0.25) is 11.8 Å². The van der Waals surface area contributed by atoms with Crippen molar-refractivity contribution >= 4 is 11.9 Å². The highest BCUT2D eigenvalue weighted by Crippen LogP contribution is 2.14. The predicted octanol–water partition coefficient (Wildman–Crippen LogP) is 2.88. The fourth-order valence-electron chi connectivity index (χ4n) is 1.84. The molecule has 21 heavy (non-hydrogen) atoms. The van der Waals surface area contributed by atoms with Gasteiger partial charge in [0.15, 0.2) is 0 Å². The highest BCUT2D eigenvalue weighted by atomic mass is 16.5. The molecule has 0 saturated carbocycles. The van der Waals surface area contributed by atoms with Crippen molar-refractivity contribution in [2.75, 3.05) is 18.5 Å². The number of aromatic nitrogens is 2. The Bertz CT molecular complexity index is 452. The van der Waals surface area contributed by atoms with E-state index in [1.807, 2.05) is 19.9 Å². The molecule has 1 unspecified atom stereocenters. The van der Waals surface area contributed by atoms with Crippen LogP contribution in [-0.4, -0.2) is 34.2 Å². The fraction of sp³-hybridized carbons (Fsp3) is 0.667. The Morgan fingerprint density at radius 2 is 2.19 bits per heavy atom. The number of rotatable bonds is 10. The van der Waals surface area contributed by atoms with E-state index >= 15 is 0 Å². The SMILES string of the molecule is CCCOc1cc(C)nc(NCCC(C)CCC(=O)O)n1. The standard InChI is InChI=1S/C15H25N3O3/c1-4-9-21-13-10-12(3)17-15(18-13)16-8-7-11(2)5-6-14(19)20/h10-11H,4-9H2,1-3H3,(H,19,20)(H,16,17,18). The number of nitrogens with zero attached hydrogens (tertiary/aromatic N) is 2. The van der Waals surface area contributed by atoms with E-state index in [0.29, 0.717) is 30.8 Å². The molecule has 0 aromatic carbocycles. The minimum Gasteiger partial charge on any atom is -0.481 e. The van der Waals surface area contributed by atoms with Crippen LogP contribution in [0, 0.1) is 12.8 Å². The molecule has 1 rings (SSSR count). The number of hydrogen-bond acceptors (Lipinski definition) is 5. The van der Waals surface area contributed by atoms with Gasteiger partial charge in [-0.25, -0.2) is 4.98 Å². The lowest BCUT2D eigenvalue weighted by atomic mass is 10.0. The van der Waals surface area contributed by atoms with Crippen LogP contribution < -0.4 is 10.1 Å². The maximum atomic E-state index is 10.5. The summed E-state index contributed by atoms with van der Waals surface area (Å²) in [4.78, 5) is 19.1. The highest BCUT2D eigenvalue weighted by molar-refractivity contribution is 5.66. The van der Waals surface area contributed by atoms with E-state index in [4.69, 9.17) is 9.84 Å². The van der Waals surface area contributed by atoms with Crippen molar-refractivity contribution in [1.29, 1.82) is 0 Å². The zero-order chi connectivity index (χ0) is 15.7. The molecule has 118 valence electrons. The summed E-state index contributed by atoms with van der Waals surface area (Å²) in [6, 6.07) is 1.82. The minimum absolute atomic E-state index is 0.219. The molecule has 1 aromatic heterocycles. The second-order valence-corrected chi connectivity index (χ2v) is 5.27. The van der Waals surface area contributed by atoms with Crippen molar-refractivity contribution < 1.29 is 14.6 Å². The maximum Gasteiger partial charge on any atom is 0.303 e. The second kappa shape index (κ2) is 9.15. The summed E-state index contributed by atoms with van der Waals surface area (Å²) in [5.74, 6) is 0.765. The first kappa shape index (κ1) is 17.2. The number of hydrogen-bond donors (Lipinski definition) is 2. The molecule has 6 heteroatoms. The third-order valence-corrected chi connectivity index (χ3v) is 3.06. The van der Waals surface area contributed by atoms with Gasteiger partial charge in [-0.1, -0.05) is 13.8 Å². The molecule has 0 saturated heterocycles. The summed E-state index contributed by atoms with van der Waals surface area (Å²) in [6.45, 7) is 7.37. The van der Waals surface area contributed by atoms with E-state index in [9.17, 15) is 4.79 Å². The summed E-state index contributed by atoms with van der Waals surface area (Å²) in [7, 11) is 0. The molecular formula is C15H25N3O3. The first-order valence-electron chi connectivity index (χ1n) is 7.45. The number of carboxylic acid groups (broad SMARTS) is 1. The number of carbonyl (C=O) groups is 1. The Hall–Kier alpha value is -1.85. The smallest absolute Gasteiger partial charge is 0.303 e. The average Bonchev–Trinajstić information content (AvgIpc) is 2.42. The number of nitrogens with one attached hydrogen (secondary N) is 1. The molecule has 1 atom stereocenters. The average molecular weight is 295 g/mol. The van der Waals surface area contributed by atoms with E-state index in [2.05, 4.69) is 22.2 Å². The van der Waals surface area contributed by atoms with Gasteiger partial charge < -0.3 is 15.2 Å². The van der Waals surface area contributed by atoms with Crippen LogP contribution >= 0.6 is 0 Å². The zero-order valence-electron chi connectivity index (χ0n) is 13.1. The van der Waals surface area contributed by atoms with E-state index in [1.165, 1.54) is 0 Å². The van der Waals surface area contributed by atoms with Crippen LogP contribution in [0.1, 0.15) is 45.2 Å². The summed E-state index contributed by atoms with van der Waals surface area (Å²) < 4.78 is 5.51. The van der Waals surface area contributed by atoms with Crippen LogP contribution in [0.15, 0.2) is 6.07 Å². The van der Waals surface area contributed by atoms with Crippen LogP contribution in [0.3, 0.4) is 0 Å². The quantitative estimate of drug-likeness (QED) is 0.690. The second-order valence-electron chi connectivity index (χ2n) is 5.27. The molecule has 1 heterocycles. The summed E-state index contributed by atoms with van der Waals surface area (Å²) >= 11 is 0. The highest BCUT2D eigenvalue weighted by Gasteiger charge is 2.07. The molecule has 0 bridgehead atoms. The van der Waals surface area contributed by atoms with Crippen molar-refractivity contribution in [1.82, 2.24) is 9.97 Å². The lowest BCUT2D eigenvalue weighted by Gasteiger charge is -2.12. The topological polar surface area (TPSA) is 84.3 Å². The molecule has 0 radical (unpaired) electrons. The maximum absolute atomic E-state index is 10.5. The van der Waals surface area contributed by atoms with Gasteiger partial charge in [-0.05, 0) is 32.1 Å².